The van der Waals surface area contributed by atoms with Crippen LogP contribution < -0.4 is 5.73 Å². The first-order valence-corrected chi connectivity index (χ1v) is 5.10. The minimum Gasteiger partial charge on any atom is -0.399 e. The monoisotopic (exact) mass is 221 g/mol. The summed E-state index contributed by atoms with van der Waals surface area (Å²) in [6.07, 6.45) is 0. The summed E-state index contributed by atoms with van der Waals surface area (Å²) in [5.74, 6) is 0. The molecule has 0 aliphatic heterocycles. The van der Waals surface area contributed by atoms with Crippen molar-refractivity contribution in [2.45, 2.75) is 11.8 Å². The Balaban J connectivity index is 3.38. The molecule has 1 rings (SSSR count). The molecule has 0 radical (unpaired) electrons. The molecule has 13 heavy (non-hydrogen) atoms. The van der Waals surface area contributed by atoms with E-state index < -0.39 is 10.1 Å². The van der Waals surface area contributed by atoms with Crippen molar-refractivity contribution in [3.63, 3.8) is 0 Å². The second-order valence-electron chi connectivity index (χ2n) is 2.54. The first-order chi connectivity index (χ1) is 5.97. The molecule has 0 amide bonds. The number of halogens is 1. The molecule has 0 aromatic heterocycles. The van der Waals surface area contributed by atoms with Crippen molar-refractivity contribution >= 4 is 27.7 Å². The summed E-state index contributed by atoms with van der Waals surface area (Å²) in [5, 5.41) is 0. The van der Waals surface area contributed by atoms with Crippen molar-refractivity contribution < 1.29 is 12.2 Å². The predicted molar refractivity (Wildman–Crippen MR) is 49.7 cm³/mol. The molecule has 0 saturated heterocycles. The summed E-state index contributed by atoms with van der Waals surface area (Å²) in [5.41, 5.74) is 6.30. The van der Waals surface area contributed by atoms with E-state index in [4.69, 9.17) is 17.6 Å². The normalized spacial score (nSPS) is 11.5. The molecule has 2 N–H and O–H groups in total. The molecule has 0 aliphatic carbocycles. The number of hydrogen-bond donors (Lipinski definition) is 1. The number of rotatable bonds is 2. The standard InChI is InChI=1S/C7H8ClNO3S/c1-5-2-3-6(9)4-7(5)13(10,11)12-8/h2-4H,9H2,1H3. The number of nitrogens with two attached hydrogens (primary N) is 1. The Labute approximate surface area is 81.6 Å². The first kappa shape index (κ1) is 10.3. The average Bonchev–Trinajstić information content (AvgIpc) is 2.09. The van der Waals surface area contributed by atoms with E-state index in [9.17, 15) is 8.42 Å². The van der Waals surface area contributed by atoms with Crippen molar-refractivity contribution in [3.05, 3.63) is 23.8 Å². The maximum atomic E-state index is 11.2. The second kappa shape index (κ2) is 3.53. The largest absolute Gasteiger partial charge is 0.399 e. The molecule has 0 aliphatic rings. The van der Waals surface area contributed by atoms with Crippen LogP contribution in [0.25, 0.3) is 0 Å². The van der Waals surface area contributed by atoms with Gasteiger partial charge in [0.25, 0.3) is 0 Å². The van der Waals surface area contributed by atoms with Crippen molar-refractivity contribution in [2.24, 2.45) is 0 Å². The maximum Gasteiger partial charge on any atom is 0.313 e. The van der Waals surface area contributed by atoms with Crippen LogP contribution in [0, 0.1) is 6.92 Å². The van der Waals surface area contributed by atoms with Gasteiger partial charge >= 0.3 is 10.1 Å². The van der Waals surface area contributed by atoms with E-state index in [-0.39, 0.29) is 4.90 Å². The zero-order valence-electron chi connectivity index (χ0n) is 6.82. The van der Waals surface area contributed by atoms with E-state index in [1.807, 2.05) is 0 Å². The van der Waals surface area contributed by atoms with Crippen LogP contribution in [0.1, 0.15) is 5.56 Å². The molecule has 0 bridgehead atoms. The van der Waals surface area contributed by atoms with Gasteiger partial charge in [-0.1, -0.05) is 6.07 Å². The molecule has 0 fully saturated rings. The van der Waals surface area contributed by atoms with Gasteiger partial charge in [-0.05, 0) is 24.6 Å². The topological polar surface area (TPSA) is 69.4 Å². The lowest BCUT2D eigenvalue weighted by atomic mass is 10.2. The van der Waals surface area contributed by atoms with E-state index in [1.165, 1.54) is 6.07 Å². The third-order valence-corrected chi connectivity index (χ3v) is 3.21. The summed E-state index contributed by atoms with van der Waals surface area (Å²) >= 11 is 4.82. The van der Waals surface area contributed by atoms with Gasteiger partial charge in [0, 0.05) is 5.69 Å². The summed E-state index contributed by atoms with van der Waals surface area (Å²) in [6, 6.07) is 4.48. The lowest BCUT2D eigenvalue weighted by molar-refractivity contribution is 0.508. The van der Waals surface area contributed by atoms with Gasteiger partial charge in [-0.15, -0.1) is 0 Å². The lowest BCUT2D eigenvalue weighted by Crippen LogP contribution is -2.03. The molecule has 1 aromatic carbocycles. The Hall–Kier alpha value is -0.780. The van der Waals surface area contributed by atoms with Crippen molar-refractivity contribution in [1.82, 2.24) is 0 Å². The van der Waals surface area contributed by atoms with Crippen molar-refractivity contribution in [2.75, 3.05) is 5.73 Å². The highest BCUT2D eigenvalue weighted by Gasteiger charge is 2.17. The van der Waals surface area contributed by atoms with Crippen LogP contribution in [0.15, 0.2) is 23.1 Å². The van der Waals surface area contributed by atoms with E-state index in [0.29, 0.717) is 11.3 Å². The third-order valence-electron chi connectivity index (χ3n) is 1.56. The van der Waals surface area contributed by atoms with Gasteiger partial charge in [-0.25, -0.2) is 0 Å². The van der Waals surface area contributed by atoms with Gasteiger partial charge in [-0.3, -0.25) is 0 Å². The van der Waals surface area contributed by atoms with Gasteiger partial charge in [0.15, 0.2) is 0 Å². The Morgan fingerprint density at radius 2 is 2.08 bits per heavy atom. The Morgan fingerprint density at radius 3 is 2.62 bits per heavy atom. The minimum absolute atomic E-state index is 0.0116. The fraction of sp³-hybridized carbons (Fsp3) is 0.143. The molecule has 0 spiro atoms. The highest BCUT2D eigenvalue weighted by Crippen LogP contribution is 2.20. The Kier molecular flexibility index (Phi) is 2.80. The van der Waals surface area contributed by atoms with Crippen LogP contribution in [-0.2, 0) is 13.9 Å². The van der Waals surface area contributed by atoms with Crippen LogP contribution in [0.5, 0.6) is 0 Å². The number of anilines is 1. The first-order valence-electron chi connectivity index (χ1n) is 3.39. The van der Waals surface area contributed by atoms with Crippen molar-refractivity contribution in [1.29, 1.82) is 0 Å². The van der Waals surface area contributed by atoms with Gasteiger partial charge in [0.1, 0.15) is 4.90 Å². The van der Waals surface area contributed by atoms with Crippen LogP contribution in [0.3, 0.4) is 0 Å². The Morgan fingerprint density at radius 1 is 1.46 bits per heavy atom. The predicted octanol–water partition coefficient (Wildman–Crippen LogP) is 1.44. The van der Waals surface area contributed by atoms with Gasteiger partial charge in [-0.2, -0.15) is 12.2 Å². The van der Waals surface area contributed by atoms with E-state index in [0.717, 1.165) is 0 Å². The molecule has 0 saturated carbocycles. The summed E-state index contributed by atoms with van der Waals surface area (Å²) in [6.45, 7) is 1.63. The zero-order valence-corrected chi connectivity index (χ0v) is 8.39. The summed E-state index contributed by atoms with van der Waals surface area (Å²) in [7, 11) is -3.87. The lowest BCUT2D eigenvalue weighted by Gasteiger charge is -2.04. The molecule has 0 atom stereocenters. The summed E-state index contributed by atoms with van der Waals surface area (Å²) < 4.78 is 26.2. The van der Waals surface area contributed by atoms with Crippen LogP contribution in [-0.4, -0.2) is 8.42 Å². The second-order valence-corrected chi connectivity index (χ2v) is 4.39. The van der Waals surface area contributed by atoms with Crippen LogP contribution >= 0.6 is 11.9 Å². The quantitative estimate of drug-likeness (QED) is 0.768. The van der Waals surface area contributed by atoms with Crippen LogP contribution in [0.2, 0.25) is 0 Å². The van der Waals surface area contributed by atoms with Crippen molar-refractivity contribution in [3.8, 4) is 0 Å². The van der Waals surface area contributed by atoms with E-state index in [2.05, 4.69) is 3.74 Å². The molecule has 72 valence electrons. The molecule has 1 aromatic rings. The number of aryl methyl sites for hydroxylation is 1. The van der Waals surface area contributed by atoms with E-state index in [1.54, 1.807) is 19.1 Å². The zero-order chi connectivity index (χ0) is 10.1. The Bertz CT molecular complexity index is 416. The minimum atomic E-state index is -3.87. The fourth-order valence-electron chi connectivity index (χ4n) is 0.920. The maximum absolute atomic E-state index is 11.2. The average molecular weight is 222 g/mol. The molecule has 0 unspecified atom stereocenters. The molecule has 4 nitrogen and oxygen atoms in total. The van der Waals surface area contributed by atoms with Gasteiger partial charge in [0.05, 0.1) is 11.9 Å². The van der Waals surface area contributed by atoms with Gasteiger partial charge < -0.3 is 5.73 Å². The number of hydrogen-bond acceptors (Lipinski definition) is 4. The molecule has 0 heterocycles. The van der Waals surface area contributed by atoms with Gasteiger partial charge in [0.2, 0.25) is 0 Å². The molecule has 6 heteroatoms. The highest BCUT2D eigenvalue weighted by atomic mass is 35.5. The van der Waals surface area contributed by atoms with E-state index >= 15 is 0 Å². The van der Waals surface area contributed by atoms with Crippen LogP contribution in [0.4, 0.5) is 5.69 Å². The molecular formula is C7H8ClNO3S. The number of benzene rings is 1. The summed E-state index contributed by atoms with van der Waals surface area (Å²) in [4.78, 5) is -0.0116. The SMILES string of the molecule is Cc1ccc(N)cc1S(=O)(=O)OCl. The smallest absolute Gasteiger partial charge is 0.313 e. The third kappa shape index (κ3) is 2.12. The number of nitrogen functional groups attached to an aromatic ring is 1. The fourth-order valence-corrected chi connectivity index (χ4v) is 1.93. The molecular weight excluding hydrogens is 214 g/mol. The highest BCUT2D eigenvalue weighted by molar-refractivity contribution is 7.87.